The van der Waals surface area contributed by atoms with E-state index in [1.807, 2.05) is 30.3 Å². The summed E-state index contributed by atoms with van der Waals surface area (Å²) in [5.74, 6) is 0.756. The smallest absolute Gasteiger partial charge is 0.155 e. The molecular formula is C23H22O2. The van der Waals surface area contributed by atoms with Crippen LogP contribution in [-0.4, -0.2) is 5.78 Å². The summed E-state index contributed by atoms with van der Waals surface area (Å²) in [4.78, 5) is 11.5. The molecule has 0 aliphatic heterocycles. The van der Waals surface area contributed by atoms with Crippen LogP contribution in [0.4, 0.5) is 0 Å². The molecule has 0 aliphatic rings. The van der Waals surface area contributed by atoms with Crippen molar-refractivity contribution in [2.24, 2.45) is 0 Å². The number of allylic oxidation sites excluding steroid dienone is 2. The van der Waals surface area contributed by atoms with Crippen LogP contribution in [-0.2, 0) is 22.6 Å². The third-order valence-corrected chi connectivity index (χ3v) is 4.11. The lowest BCUT2D eigenvalue weighted by molar-refractivity contribution is -0.112. The maximum atomic E-state index is 11.5. The molecule has 2 heteroatoms. The van der Waals surface area contributed by atoms with Gasteiger partial charge in [-0.25, -0.2) is 0 Å². The summed E-state index contributed by atoms with van der Waals surface area (Å²) in [6.07, 6.45) is 3.18. The molecule has 3 aromatic carbocycles. The summed E-state index contributed by atoms with van der Waals surface area (Å²) in [5.41, 5.74) is 2.35. The first-order chi connectivity index (χ1) is 12.2. The van der Waals surface area contributed by atoms with Gasteiger partial charge in [0, 0.05) is 12.5 Å². The summed E-state index contributed by atoms with van der Waals surface area (Å²) in [6.45, 7) is 2.03. The molecule has 0 heterocycles. The zero-order valence-corrected chi connectivity index (χ0v) is 14.4. The Morgan fingerprint density at radius 3 is 2.36 bits per heavy atom. The standard InChI is InChI=1S/C23H22O2/c1-18(24)15-23(14-12-19-7-3-2-4-8-19)25-17-20-11-13-21-9-5-6-10-22(21)16-20/h2-11,13,15-16H,12,14,17H2,1H3/b23-15+. The van der Waals surface area contributed by atoms with E-state index in [0.29, 0.717) is 6.61 Å². The van der Waals surface area contributed by atoms with Gasteiger partial charge in [-0.15, -0.1) is 0 Å². The molecule has 0 unspecified atom stereocenters. The van der Waals surface area contributed by atoms with Crippen molar-refractivity contribution in [2.45, 2.75) is 26.4 Å². The summed E-state index contributed by atoms with van der Waals surface area (Å²) in [7, 11) is 0. The predicted octanol–water partition coefficient (Wildman–Crippen LogP) is 5.46. The molecule has 3 aromatic rings. The van der Waals surface area contributed by atoms with Gasteiger partial charge in [-0.1, -0.05) is 66.7 Å². The molecule has 0 spiro atoms. The van der Waals surface area contributed by atoms with E-state index in [2.05, 4.69) is 42.5 Å². The van der Waals surface area contributed by atoms with Gasteiger partial charge in [0.05, 0.1) is 0 Å². The first-order valence-corrected chi connectivity index (χ1v) is 8.56. The van der Waals surface area contributed by atoms with Crippen molar-refractivity contribution in [1.82, 2.24) is 0 Å². The Bertz CT molecular complexity index is 879. The second-order valence-electron chi connectivity index (χ2n) is 6.18. The van der Waals surface area contributed by atoms with E-state index in [1.165, 1.54) is 16.3 Å². The molecule has 0 saturated carbocycles. The molecule has 0 bridgehead atoms. The highest BCUT2D eigenvalue weighted by Crippen LogP contribution is 2.18. The topological polar surface area (TPSA) is 26.3 Å². The Kier molecular flexibility index (Phi) is 5.63. The van der Waals surface area contributed by atoms with Crippen LogP contribution in [0.2, 0.25) is 0 Å². The van der Waals surface area contributed by atoms with Gasteiger partial charge in [-0.2, -0.15) is 0 Å². The molecule has 3 rings (SSSR count). The third-order valence-electron chi connectivity index (χ3n) is 4.11. The van der Waals surface area contributed by atoms with Gasteiger partial charge in [0.2, 0.25) is 0 Å². The summed E-state index contributed by atoms with van der Waals surface area (Å²) < 4.78 is 5.95. The fourth-order valence-corrected chi connectivity index (χ4v) is 2.83. The number of carbonyl (C=O) groups excluding carboxylic acids is 1. The number of carbonyl (C=O) groups is 1. The Morgan fingerprint density at radius 2 is 1.60 bits per heavy atom. The summed E-state index contributed by atoms with van der Waals surface area (Å²) >= 11 is 0. The van der Waals surface area contributed by atoms with Crippen molar-refractivity contribution >= 4 is 16.6 Å². The molecule has 0 radical (unpaired) electrons. The van der Waals surface area contributed by atoms with Crippen LogP contribution in [0.25, 0.3) is 10.8 Å². The summed E-state index contributed by atoms with van der Waals surface area (Å²) in [5, 5.41) is 2.42. The highest BCUT2D eigenvalue weighted by molar-refractivity contribution is 5.87. The van der Waals surface area contributed by atoms with Crippen molar-refractivity contribution in [2.75, 3.05) is 0 Å². The molecule has 0 fully saturated rings. The normalized spacial score (nSPS) is 11.5. The SMILES string of the molecule is CC(=O)/C=C(\CCc1ccccc1)OCc1ccc2ccccc2c1. The van der Waals surface area contributed by atoms with Crippen molar-refractivity contribution in [1.29, 1.82) is 0 Å². The lowest BCUT2D eigenvalue weighted by atomic mass is 10.1. The lowest BCUT2D eigenvalue weighted by Crippen LogP contribution is -1.99. The fraction of sp³-hybridized carbons (Fsp3) is 0.174. The molecule has 0 amide bonds. The molecule has 0 saturated heterocycles. The van der Waals surface area contributed by atoms with E-state index < -0.39 is 0 Å². The van der Waals surface area contributed by atoms with E-state index >= 15 is 0 Å². The molecule has 126 valence electrons. The maximum absolute atomic E-state index is 11.5. The minimum Gasteiger partial charge on any atom is -0.493 e. The van der Waals surface area contributed by atoms with Gasteiger partial charge in [0.15, 0.2) is 5.78 Å². The van der Waals surface area contributed by atoms with E-state index in [0.717, 1.165) is 24.2 Å². The Hall–Kier alpha value is -2.87. The number of ketones is 1. The zero-order valence-electron chi connectivity index (χ0n) is 14.4. The third kappa shape index (κ3) is 5.05. The Balaban J connectivity index is 1.66. The fourth-order valence-electron chi connectivity index (χ4n) is 2.83. The average molecular weight is 330 g/mol. The highest BCUT2D eigenvalue weighted by atomic mass is 16.5. The minimum atomic E-state index is 0.0153. The number of rotatable bonds is 7. The van der Waals surface area contributed by atoms with E-state index in [4.69, 9.17) is 4.74 Å². The summed E-state index contributed by atoms with van der Waals surface area (Å²) in [6, 6.07) is 24.8. The van der Waals surface area contributed by atoms with Gasteiger partial charge in [0.1, 0.15) is 12.4 Å². The number of hydrogen-bond donors (Lipinski definition) is 0. The van der Waals surface area contributed by atoms with Crippen LogP contribution in [0.5, 0.6) is 0 Å². The molecule has 25 heavy (non-hydrogen) atoms. The molecule has 0 aliphatic carbocycles. The minimum absolute atomic E-state index is 0.0153. The lowest BCUT2D eigenvalue weighted by Gasteiger charge is -2.11. The van der Waals surface area contributed by atoms with Gasteiger partial charge in [-0.3, -0.25) is 4.79 Å². The predicted molar refractivity (Wildman–Crippen MR) is 102 cm³/mol. The van der Waals surface area contributed by atoms with Crippen LogP contribution in [0.1, 0.15) is 24.5 Å². The second kappa shape index (κ2) is 8.29. The van der Waals surface area contributed by atoms with Gasteiger partial charge < -0.3 is 4.74 Å². The number of ether oxygens (including phenoxy) is 1. The first-order valence-electron chi connectivity index (χ1n) is 8.56. The monoisotopic (exact) mass is 330 g/mol. The van der Waals surface area contributed by atoms with Gasteiger partial charge in [-0.05, 0) is 41.3 Å². The molecule has 0 atom stereocenters. The molecule has 0 aromatic heterocycles. The van der Waals surface area contributed by atoms with Crippen LogP contribution >= 0.6 is 0 Å². The average Bonchev–Trinajstić information content (AvgIpc) is 2.64. The number of benzene rings is 3. The first kappa shape index (κ1) is 17.0. The van der Waals surface area contributed by atoms with E-state index in [9.17, 15) is 4.79 Å². The number of aryl methyl sites for hydroxylation is 1. The quantitative estimate of drug-likeness (QED) is 0.424. The van der Waals surface area contributed by atoms with Crippen molar-refractivity contribution in [3.63, 3.8) is 0 Å². The molecule has 0 N–H and O–H groups in total. The van der Waals surface area contributed by atoms with E-state index in [-0.39, 0.29) is 5.78 Å². The van der Waals surface area contributed by atoms with Crippen molar-refractivity contribution in [3.05, 3.63) is 95.8 Å². The highest BCUT2D eigenvalue weighted by Gasteiger charge is 2.04. The van der Waals surface area contributed by atoms with Crippen molar-refractivity contribution < 1.29 is 9.53 Å². The molecule has 2 nitrogen and oxygen atoms in total. The number of fused-ring (bicyclic) bond motifs is 1. The largest absolute Gasteiger partial charge is 0.493 e. The van der Waals surface area contributed by atoms with Gasteiger partial charge >= 0.3 is 0 Å². The Morgan fingerprint density at radius 1 is 0.880 bits per heavy atom. The number of hydrogen-bond acceptors (Lipinski definition) is 2. The molecular weight excluding hydrogens is 308 g/mol. The van der Waals surface area contributed by atoms with Crippen LogP contribution in [0.3, 0.4) is 0 Å². The second-order valence-corrected chi connectivity index (χ2v) is 6.18. The maximum Gasteiger partial charge on any atom is 0.155 e. The van der Waals surface area contributed by atoms with Crippen LogP contribution in [0.15, 0.2) is 84.6 Å². The van der Waals surface area contributed by atoms with Crippen LogP contribution in [0, 0.1) is 0 Å². The van der Waals surface area contributed by atoms with Gasteiger partial charge in [0.25, 0.3) is 0 Å². The van der Waals surface area contributed by atoms with E-state index in [1.54, 1.807) is 13.0 Å². The zero-order chi connectivity index (χ0) is 17.5. The van der Waals surface area contributed by atoms with Crippen molar-refractivity contribution in [3.8, 4) is 0 Å². The Labute approximate surface area is 148 Å². The van der Waals surface area contributed by atoms with Crippen LogP contribution < -0.4 is 0 Å².